The fraction of sp³-hybridized carbons (Fsp3) is 0.533. The van der Waals surface area contributed by atoms with Crippen molar-refractivity contribution in [2.45, 2.75) is 13.0 Å². The van der Waals surface area contributed by atoms with E-state index in [-0.39, 0.29) is 11.7 Å². The smallest absolute Gasteiger partial charge is 0.236 e. The van der Waals surface area contributed by atoms with Crippen molar-refractivity contribution in [2.75, 3.05) is 44.2 Å². The van der Waals surface area contributed by atoms with Crippen LogP contribution in [0.3, 0.4) is 0 Å². The minimum absolute atomic E-state index is 0.111. The first-order valence-corrected chi connectivity index (χ1v) is 7.32. The van der Waals surface area contributed by atoms with Crippen molar-refractivity contribution < 1.29 is 9.18 Å². The molecular formula is C15H23FN4O. The third-order valence-electron chi connectivity index (χ3n) is 3.70. The molecule has 1 aromatic carbocycles. The monoisotopic (exact) mass is 294 g/mol. The second-order valence-corrected chi connectivity index (χ2v) is 5.38. The standard InChI is InChI=1S/C15H23FN4O/c1-12(17)15(21)18-6-7-19-8-10-20(11-9-19)14-4-2-13(16)3-5-14/h2-5,12H,6-11,17H2,1H3,(H,18,21)/t12-/m1/s1. The Bertz CT molecular complexity index is 455. The Morgan fingerprint density at radius 1 is 1.29 bits per heavy atom. The number of carbonyl (C=O) groups excluding carboxylic acids is 1. The number of hydrogen-bond donors (Lipinski definition) is 2. The summed E-state index contributed by atoms with van der Waals surface area (Å²) in [5.41, 5.74) is 6.55. The second-order valence-electron chi connectivity index (χ2n) is 5.38. The van der Waals surface area contributed by atoms with Crippen molar-refractivity contribution >= 4 is 11.6 Å². The first-order chi connectivity index (χ1) is 10.1. The van der Waals surface area contributed by atoms with Crippen molar-refractivity contribution in [3.05, 3.63) is 30.1 Å². The van der Waals surface area contributed by atoms with Gasteiger partial charge in [0.05, 0.1) is 6.04 Å². The Hall–Kier alpha value is -1.66. The van der Waals surface area contributed by atoms with Gasteiger partial charge in [-0.1, -0.05) is 0 Å². The highest BCUT2D eigenvalue weighted by molar-refractivity contribution is 5.80. The molecule has 1 aromatic rings. The molecule has 2 rings (SSSR count). The van der Waals surface area contributed by atoms with Gasteiger partial charge in [-0.05, 0) is 31.2 Å². The molecule has 1 aliphatic heterocycles. The van der Waals surface area contributed by atoms with Crippen molar-refractivity contribution in [3.63, 3.8) is 0 Å². The van der Waals surface area contributed by atoms with Gasteiger partial charge >= 0.3 is 0 Å². The Kier molecular flexibility index (Phi) is 5.52. The van der Waals surface area contributed by atoms with Crippen LogP contribution < -0.4 is 16.0 Å². The van der Waals surface area contributed by atoms with Crippen LogP contribution in [0.5, 0.6) is 0 Å². The number of anilines is 1. The number of nitrogens with zero attached hydrogens (tertiary/aromatic N) is 2. The van der Waals surface area contributed by atoms with Crippen LogP contribution in [-0.4, -0.2) is 56.1 Å². The number of nitrogens with one attached hydrogen (secondary N) is 1. The van der Waals surface area contributed by atoms with E-state index in [4.69, 9.17) is 5.73 Å². The quantitative estimate of drug-likeness (QED) is 0.826. The molecule has 1 atom stereocenters. The van der Waals surface area contributed by atoms with Gasteiger partial charge in [0.1, 0.15) is 5.82 Å². The number of nitrogens with two attached hydrogens (primary N) is 1. The summed E-state index contributed by atoms with van der Waals surface area (Å²) in [6, 6.07) is 6.15. The molecule has 0 saturated carbocycles. The van der Waals surface area contributed by atoms with E-state index >= 15 is 0 Å². The molecule has 0 bridgehead atoms. The number of amides is 1. The van der Waals surface area contributed by atoms with Crippen molar-refractivity contribution in [2.24, 2.45) is 5.73 Å². The molecular weight excluding hydrogens is 271 g/mol. The third-order valence-corrected chi connectivity index (χ3v) is 3.70. The summed E-state index contributed by atoms with van der Waals surface area (Å²) in [6.45, 7) is 6.82. The van der Waals surface area contributed by atoms with Gasteiger partial charge in [0.15, 0.2) is 0 Å². The Labute approximate surface area is 124 Å². The lowest BCUT2D eigenvalue weighted by molar-refractivity contribution is -0.122. The average Bonchev–Trinajstić information content (AvgIpc) is 2.48. The van der Waals surface area contributed by atoms with Crippen LogP contribution in [0.4, 0.5) is 10.1 Å². The molecule has 5 nitrogen and oxygen atoms in total. The number of rotatable bonds is 5. The van der Waals surface area contributed by atoms with Crippen molar-refractivity contribution in [1.82, 2.24) is 10.2 Å². The van der Waals surface area contributed by atoms with Crippen LogP contribution in [-0.2, 0) is 4.79 Å². The molecule has 1 fully saturated rings. The maximum absolute atomic E-state index is 12.9. The van der Waals surface area contributed by atoms with Gasteiger partial charge < -0.3 is 16.0 Å². The highest BCUT2D eigenvalue weighted by atomic mass is 19.1. The van der Waals surface area contributed by atoms with Gasteiger partial charge in [0, 0.05) is 45.0 Å². The predicted octanol–water partition coefficient (Wildman–Crippen LogP) is 0.411. The Morgan fingerprint density at radius 3 is 2.48 bits per heavy atom. The van der Waals surface area contributed by atoms with Gasteiger partial charge in [-0.3, -0.25) is 9.69 Å². The zero-order chi connectivity index (χ0) is 15.2. The molecule has 0 unspecified atom stereocenters. The summed E-state index contributed by atoms with van der Waals surface area (Å²) in [5.74, 6) is -0.317. The van der Waals surface area contributed by atoms with Gasteiger partial charge in [-0.15, -0.1) is 0 Å². The SMILES string of the molecule is C[C@@H](N)C(=O)NCCN1CCN(c2ccc(F)cc2)CC1. The normalized spacial score (nSPS) is 17.6. The van der Waals surface area contributed by atoms with E-state index in [1.54, 1.807) is 6.92 Å². The van der Waals surface area contributed by atoms with Gasteiger partial charge in [-0.2, -0.15) is 0 Å². The largest absolute Gasteiger partial charge is 0.369 e. The maximum Gasteiger partial charge on any atom is 0.236 e. The molecule has 1 amide bonds. The van der Waals surface area contributed by atoms with Crippen LogP contribution in [0.25, 0.3) is 0 Å². The molecule has 6 heteroatoms. The predicted molar refractivity (Wildman–Crippen MR) is 81.7 cm³/mol. The zero-order valence-electron chi connectivity index (χ0n) is 12.4. The summed E-state index contributed by atoms with van der Waals surface area (Å²) in [6.07, 6.45) is 0. The lowest BCUT2D eigenvalue weighted by Gasteiger charge is -2.36. The number of hydrogen-bond acceptors (Lipinski definition) is 4. The van der Waals surface area contributed by atoms with Crippen LogP contribution in [0.2, 0.25) is 0 Å². The van der Waals surface area contributed by atoms with Gasteiger partial charge in [0.25, 0.3) is 0 Å². The molecule has 0 radical (unpaired) electrons. The maximum atomic E-state index is 12.9. The third kappa shape index (κ3) is 4.68. The molecule has 0 spiro atoms. The molecule has 1 saturated heterocycles. The minimum atomic E-state index is -0.458. The fourth-order valence-electron chi connectivity index (χ4n) is 2.38. The minimum Gasteiger partial charge on any atom is -0.369 e. The number of halogens is 1. The van der Waals surface area contributed by atoms with E-state index in [2.05, 4.69) is 15.1 Å². The topological polar surface area (TPSA) is 61.6 Å². The fourth-order valence-corrected chi connectivity index (χ4v) is 2.38. The van der Waals surface area contributed by atoms with Gasteiger partial charge in [-0.25, -0.2) is 4.39 Å². The van der Waals surface area contributed by atoms with Crippen LogP contribution in [0, 0.1) is 5.82 Å². The Balaban J connectivity index is 1.71. The van der Waals surface area contributed by atoms with E-state index in [1.165, 1.54) is 12.1 Å². The van der Waals surface area contributed by atoms with E-state index in [0.717, 1.165) is 38.4 Å². The van der Waals surface area contributed by atoms with Crippen LogP contribution >= 0.6 is 0 Å². The lowest BCUT2D eigenvalue weighted by atomic mass is 10.2. The van der Waals surface area contributed by atoms with E-state index in [1.807, 2.05) is 12.1 Å². The van der Waals surface area contributed by atoms with E-state index in [0.29, 0.717) is 6.54 Å². The number of benzene rings is 1. The first kappa shape index (κ1) is 15.7. The van der Waals surface area contributed by atoms with E-state index in [9.17, 15) is 9.18 Å². The molecule has 0 aromatic heterocycles. The Morgan fingerprint density at radius 2 is 1.90 bits per heavy atom. The molecule has 1 aliphatic rings. The summed E-state index contributed by atoms with van der Waals surface area (Å²) in [5, 5.41) is 2.82. The zero-order valence-corrected chi connectivity index (χ0v) is 12.4. The van der Waals surface area contributed by atoms with Crippen molar-refractivity contribution in [1.29, 1.82) is 0 Å². The lowest BCUT2D eigenvalue weighted by Crippen LogP contribution is -2.49. The van der Waals surface area contributed by atoms with Crippen LogP contribution in [0.1, 0.15) is 6.92 Å². The van der Waals surface area contributed by atoms with E-state index < -0.39 is 6.04 Å². The summed E-state index contributed by atoms with van der Waals surface area (Å²) < 4.78 is 12.9. The molecule has 0 aliphatic carbocycles. The molecule has 3 N–H and O–H groups in total. The summed E-state index contributed by atoms with van der Waals surface area (Å²) in [4.78, 5) is 15.9. The molecule has 21 heavy (non-hydrogen) atoms. The summed E-state index contributed by atoms with van der Waals surface area (Å²) in [7, 11) is 0. The first-order valence-electron chi connectivity index (χ1n) is 7.32. The molecule has 1 heterocycles. The van der Waals surface area contributed by atoms with Crippen LogP contribution in [0.15, 0.2) is 24.3 Å². The molecule has 116 valence electrons. The average molecular weight is 294 g/mol. The van der Waals surface area contributed by atoms with Gasteiger partial charge in [0.2, 0.25) is 5.91 Å². The highest BCUT2D eigenvalue weighted by Gasteiger charge is 2.17. The highest BCUT2D eigenvalue weighted by Crippen LogP contribution is 2.16. The second kappa shape index (κ2) is 7.38. The number of piperazine rings is 1. The number of carbonyl (C=O) groups is 1. The van der Waals surface area contributed by atoms with Crippen molar-refractivity contribution in [3.8, 4) is 0 Å². The summed E-state index contributed by atoms with van der Waals surface area (Å²) >= 11 is 0.